The number of carbonyl (C=O) groups is 1. The largest absolute Gasteiger partial charge is 0.493 e. The van der Waals surface area contributed by atoms with E-state index >= 15 is 0 Å². The van der Waals surface area contributed by atoms with Crippen molar-refractivity contribution >= 4 is 51.2 Å². The molecule has 1 unspecified atom stereocenters. The van der Waals surface area contributed by atoms with Crippen LogP contribution in [0, 0.1) is 6.92 Å². The van der Waals surface area contributed by atoms with Crippen molar-refractivity contribution in [2.24, 2.45) is 0 Å². The number of nitrogens with zero attached hydrogens (tertiary/aromatic N) is 3. The predicted molar refractivity (Wildman–Crippen MR) is 178 cm³/mol. The van der Waals surface area contributed by atoms with Gasteiger partial charge in [-0.05, 0) is 71.1 Å². The highest BCUT2D eigenvalue weighted by molar-refractivity contribution is 9.10. The van der Waals surface area contributed by atoms with Crippen LogP contribution in [0.3, 0.4) is 0 Å². The van der Waals surface area contributed by atoms with Crippen LogP contribution in [-0.2, 0) is 21.9 Å². The summed E-state index contributed by atoms with van der Waals surface area (Å²) < 4.78 is 20.1. The van der Waals surface area contributed by atoms with E-state index in [1.165, 1.54) is 17.3 Å². The molecule has 0 bridgehead atoms. The number of thioether (sulfide) groups is 1. The van der Waals surface area contributed by atoms with Crippen LogP contribution < -0.4 is 14.8 Å². The number of hydrogen-bond acceptors (Lipinski definition) is 8. The number of nitrogens with one attached hydrogen (secondary N) is 1. The van der Waals surface area contributed by atoms with Crippen LogP contribution in [-0.4, -0.2) is 34.5 Å². The second-order valence-corrected chi connectivity index (χ2v) is 12.6. The fourth-order valence-electron chi connectivity index (χ4n) is 4.79. The summed E-state index contributed by atoms with van der Waals surface area (Å²) in [7, 11) is 1.60. The molecule has 0 amide bonds. The number of benzene rings is 3. The number of ether oxygens (including phenoxy) is 3. The van der Waals surface area contributed by atoms with Gasteiger partial charge >= 0.3 is 5.97 Å². The van der Waals surface area contributed by atoms with Crippen molar-refractivity contribution in [3.63, 3.8) is 0 Å². The molecule has 44 heavy (non-hydrogen) atoms. The van der Waals surface area contributed by atoms with E-state index < -0.39 is 12.0 Å². The molecular weight excluding hydrogens is 664 g/mol. The maximum Gasteiger partial charge on any atom is 0.338 e. The molecule has 0 radical (unpaired) electrons. The average Bonchev–Trinajstić information content (AvgIpc) is 3.42. The van der Waals surface area contributed by atoms with Gasteiger partial charge in [0.25, 0.3) is 0 Å². The van der Waals surface area contributed by atoms with Crippen LogP contribution in [0.4, 0.5) is 5.95 Å². The molecule has 1 aromatic heterocycles. The molecule has 230 valence electrons. The first-order valence-corrected chi connectivity index (χ1v) is 16.5. The van der Waals surface area contributed by atoms with Gasteiger partial charge in [0.05, 0.1) is 23.8 Å². The number of methoxy groups -OCH3 is 1. The first-order valence-electron chi connectivity index (χ1n) is 14.3. The Morgan fingerprint density at radius 3 is 2.64 bits per heavy atom. The van der Waals surface area contributed by atoms with Crippen LogP contribution in [0.15, 0.2) is 81.6 Å². The molecule has 0 saturated carbocycles. The molecule has 11 heteroatoms. The minimum atomic E-state index is -0.626. The number of aryl methyl sites for hydroxylation is 1. The molecule has 2 heterocycles. The van der Waals surface area contributed by atoms with Crippen molar-refractivity contribution in [2.75, 3.05) is 19.0 Å². The second kappa shape index (κ2) is 14.5. The minimum absolute atomic E-state index is 0.334. The van der Waals surface area contributed by atoms with Gasteiger partial charge in [0.15, 0.2) is 11.5 Å². The Morgan fingerprint density at radius 2 is 1.91 bits per heavy atom. The van der Waals surface area contributed by atoms with Crippen molar-refractivity contribution < 1.29 is 19.0 Å². The maximum atomic E-state index is 13.6. The van der Waals surface area contributed by atoms with E-state index in [9.17, 15) is 4.79 Å². The van der Waals surface area contributed by atoms with Crippen molar-refractivity contribution in [1.29, 1.82) is 0 Å². The summed E-state index contributed by atoms with van der Waals surface area (Å²) in [5.41, 5.74) is 5.06. The number of aromatic nitrogens is 3. The third kappa shape index (κ3) is 7.25. The molecule has 0 fully saturated rings. The molecule has 0 saturated heterocycles. The lowest BCUT2D eigenvalue weighted by Crippen LogP contribution is -2.30. The van der Waals surface area contributed by atoms with E-state index in [-0.39, 0.29) is 0 Å². The van der Waals surface area contributed by atoms with E-state index in [4.69, 9.17) is 35.9 Å². The van der Waals surface area contributed by atoms with Crippen molar-refractivity contribution in [3.05, 3.63) is 104 Å². The number of anilines is 1. The summed E-state index contributed by atoms with van der Waals surface area (Å²) in [6.45, 7) is 6.66. The molecule has 1 aliphatic heterocycles. The zero-order valence-electron chi connectivity index (χ0n) is 25.0. The number of halogens is 2. The van der Waals surface area contributed by atoms with Crippen LogP contribution >= 0.6 is 39.3 Å². The van der Waals surface area contributed by atoms with Crippen LogP contribution in [0.25, 0.3) is 0 Å². The van der Waals surface area contributed by atoms with Gasteiger partial charge in [0.2, 0.25) is 11.1 Å². The zero-order chi connectivity index (χ0) is 31.2. The Kier molecular flexibility index (Phi) is 10.6. The van der Waals surface area contributed by atoms with Gasteiger partial charge in [0.1, 0.15) is 12.6 Å². The molecule has 1 N–H and O–H groups in total. The van der Waals surface area contributed by atoms with E-state index in [1.54, 1.807) is 11.8 Å². The SMILES string of the molecule is CCCCOC(=O)C1=C(C)Nc2nc(SCc3ccccc3Cl)nn2C1c1cc(Br)c(OCc2ccc(C)cc2)c(OC)c1. The Balaban J connectivity index is 1.50. The minimum Gasteiger partial charge on any atom is -0.493 e. The molecule has 1 aliphatic rings. The molecule has 4 aromatic rings. The van der Waals surface area contributed by atoms with Crippen molar-refractivity contribution in [2.45, 2.75) is 57.2 Å². The second-order valence-electron chi connectivity index (χ2n) is 10.4. The van der Waals surface area contributed by atoms with E-state index in [0.29, 0.717) is 62.3 Å². The Bertz CT molecular complexity index is 1680. The third-order valence-electron chi connectivity index (χ3n) is 7.17. The number of allylic oxidation sites excluding steroid dienone is 1. The summed E-state index contributed by atoms with van der Waals surface area (Å²) in [6, 6.07) is 19.1. The van der Waals surface area contributed by atoms with Crippen LogP contribution in [0.2, 0.25) is 5.02 Å². The highest BCUT2D eigenvalue weighted by Crippen LogP contribution is 2.43. The molecule has 0 aliphatic carbocycles. The summed E-state index contributed by atoms with van der Waals surface area (Å²) in [4.78, 5) is 18.3. The van der Waals surface area contributed by atoms with E-state index in [2.05, 4.69) is 47.2 Å². The first kappa shape index (κ1) is 31.9. The topological polar surface area (TPSA) is 87.5 Å². The molecule has 0 spiro atoms. The lowest BCUT2D eigenvalue weighted by atomic mass is 9.95. The van der Waals surface area contributed by atoms with E-state index in [0.717, 1.165) is 29.5 Å². The van der Waals surface area contributed by atoms with Gasteiger partial charge < -0.3 is 19.5 Å². The zero-order valence-corrected chi connectivity index (χ0v) is 28.2. The number of unbranched alkanes of at least 4 members (excludes halogenated alkanes) is 1. The molecule has 1 atom stereocenters. The lowest BCUT2D eigenvalue weighted by molar-refractivity contribution is -0.139. The Hall–Kier alpha value is -3.47. The van der Waals surface area contributed by atoms with Gasteiger partial charge in [-0.25, -0.2) is 9.48 Å². The summed E-state index contributed by atoms with van der Waals surface area (Å²) in [5, 5.41) is 9.35. The lowest BCUT2D eigenvalue weighted by Gasteiger charge is -2.29. The molecule has 8 nitrogen and oxygen atoms in total. The van der Waals surface area contributed by atoms with Gasteiger partial charge in [-0.15, -0.1) is 5.10 Å². The standard InChI is InChI=1S/C33H34BrClN4O4S/c1-5-6-15-42-31(40)28-21(3)36-32-37-33(44-19-23-9-7-8-10-26(23)35)38-39(32)29(28)24-16-25(34)30(27(17-24)41-4)43-18-22-13-11-20(2)12-14-22/h7-14,16-17,29H,5-6,15,18-19H2,1-4H3,(H,36,37,38). The fourth-order valence-corrected chi connectivity index (χ4v) is 6.48. The van der Waals surface area contributed by atoms with Gasteiger partial charge in [-0.3, -0.25) is 0 Å². The smallest absolute Gasteiger partial charge is 0.338 e. The number of hydrogen-bond donors (Lipinski definition) is 1. The number of fused-ring (bicyclic) bond motifs is 1. The summed E-state index contributed by atoms with van der Waals surface area (Å²) >= 11 is 11.6. The quantitative estimate of drug-likeness (QED) is 0.0896. The Morgan fingerprint density at radius 1 is 1.14 bits per heavy atom. The number of esters is 1. The predicted octanol–water partition coefficient (Wildman–Crippen LogP) is 8.51. The highest BCUT2D eigenvalue weighted by atomic mass is 79.9. The molecular formula is C33H34BrClN4O4S. The molecule has 5 rings (SSSR count). The summed E-state index contributed by atoms with van der Waals surface area (Å²) in [6.07, 6.45) is 1.69. The van der Waals surface area contributed by atoms with Crippen LogP contribution in [0.5, 0.6) is 11.5 Å². The summed E-state index contributed by atoms with van der Waals surface area (Å²) in [5.74, 6) is 1.79. The van der Waals surface area contributed by atoms with Crippen LogP contribution in [0.1, 0.15) is 55.0 Å². The number of rotatable bonds is 12. The monoisotopic (exact) mass is 696 g/mol. The van der Waals surface area contributed by atoms with Gasteiger partial charge in [-0.1, -0.05) is 84.7 Å². The third-order valence-corrected chi connectivity index (χ3v) is 9.01. The maximum absolute atomic E-state index is 13.6. The van der Waals surface area contributed by atoms with Crippen molar-refractivity contribution in [3.8, 4) is 11.5 Å². The normalized spacial score (nSPS) is 14.2. The first-order chi connectivity index (χ1) is 21.3. The van der Waals surface area contributed by atoms with Crippen molar-refractivity contribution in [1.82, 2.24) is 14.8 Å². The van der Waals surface area contributed by atoms with E-state index in [1.807, 2.05) is 55.5 Å². The molecule has 3 aromatic carbocycles. The van der Waals surface area contributed by atoms with Gasteiger partial charge in [-0.2, -0.15) is 4.98 Å². The average molecular weight is 698 g/mol. The fraction of sp³-hybridized carbons (Fsp3) is 0.303. The Labute approximate surface area is 275 Å². The number of carbonyl (C=O) groups excluding carboxylic acids is 1. The highest BCUT2D eigenvalue weighted by Gasteiger charge is 2.36. The van der Waals surface area contributed by atoms with Gasteiger partial charge in [0, 0.05) is 16.5 Å².